The molecule has 8 heteroatoms. The fourth-order valence-corrected chi connectivity index (χ4v) is 3.23. The van der Waals surface area contributed by atoms with Crippen LogP contribution in [-0.4, -0.2) is 34.8 Å². The molecule has 0 radical (unpaired) electrons. The van der Waals surface area contributed by atoms with E-state index < -0.39 is 0 Å². The first kappa shape index (κ1) is 17.2. The minimum atomic E-state index is -0.247. The lowest BCUT2D eigenvalue weighted by molar-refractivity contribution is -0.121. The normalized spacial score (nSPS) is 17.6. The van der Waals surface area contributed by atoms with Crippen LogP contribution >= 0.6 is 31.9 Å². The van der Waals surface area contributed by atoms with Gasteiger partial charge in [0.2, 0.25) is 5.91 Å². The molecule has 126 valence electrons. The minimum absolute atomic E-state index is 0.115. The van der Waals surface area contributed by atoms with Gasteiger partial charge in [-0.2, -0.15) is 0 Å². The molecule has 0 aliphatic carbocycles. The Morgan fingerprint density at radius 1 is 1.33 bits per heavy atom. The SMILES string of the molecule is O=C(Nc1ccc(Br)cn1)C1CCCN(C(=O)c2coc(Br)c2)C1. The zero-order chi connectivity index (χ0) is 17.1. The first-order chi connectivity index (χ1) is 11.5. The monoisotopic (exact) mass is 455 g/mol. The summed E-state index contributed by atoms with van der Waals surface area (Å²) in [6, 6.07) is 5.19. The smallest absolute Gasteiger partial charge is 0.257 e. The van der Waals surface area contributed by atoms with Gasteiger partial charge in [0, 0.05) is 29.8 Å². The van der Waals surface area contributed by atoms with Gasteiger partial charge >= 0.3 is 0 Å². The van der Waals surface area contributed by atoms with Crippen molar-refractivity contribution in [1.29, 1.82) is 0 Å². The van der Waals surface area contributed by atoms with E-state index in [4.69, 9.17) is 4.42 Å². The second kappa shape index (κ2) is 7.48. The zero-order valence-electron chi connectivity index (χ0n) is 12.7. The van der Waals surface area contributed by atoms with Crippen molar-refractivity contribution in [3.8, 4) is 0 Å². The number of amides is 2. The Kier molecular flexibility index (Phi) is 5.35. The lowest BCUT2D eigenvalue weighted by atomic mass is 9.96. The van der Waals surface area contributed by atoms with Gasteiger partial charge in [0.25, 0.3) is 5.91 Å². The maximum Gasteiger partial charge on any atom is 0.257 e. The average Bonchev–Trinajstić information content (AvgIpc) is 3.03. The summed E-state index contributed by atoms with van der Waals surface area (Å²) in [5.74, 6) is 0.0216. The van der Waals surface area contributed by atoms with Gasteiger partial charge in [0.05, 0.1) is 11.5 Å². The third-order valence-electron chi connectivity index (χ3n) is 3.87. The average molecular weight is 457 g/mol. The number of pyridine rings is 1. The second-order valence-electron chi connectivity index (χ2n) is 5.58. The number of nitrogens with one attached hydrogen (secondary N) is 1. The highest BCUT2D eigenvalue weighted by Crippen LogP contribution is 2.22. The molecule has 1 aliphatic heterocycles. The Bertz CT molecular complexity index is 745. The van der Waals surface area contributed by atoms with Crippen molar-refractivity contribution in [1.82, 2.24) is 9.88 Å². The van der Waals surface area contributed by atoms with Gasteiger partial charge in [-0.3, -0.25) is 9.59 Å². The highest BCUT2D eigenvalue weighted by Gasteiger charge is 2.29. The fraction of sp³-hybridized carbons (Fsp3) is 0.312. The number of nitrogens with zero attached hydrogens (tertiary/aromatic N) is 2. The molecular weight excluding hydrogens is 442 g/mol. The highest BCUT2D eigenvalue weighted by molar-refractivity contribution is 9.10. The van der Waals surface area contributed by atoms with E-state index in [1.54, 1.807) is 23.2 Å². The number of anilines is 1. The van der Waals surface area contributed by atoms with Gasteiger partial charge in [0.1, 0.15) is 12.1 Å². The summed E-state index contributed by atoms with van der Waals surface area (Å²) >= 11 is 6.50. The third kappa shape index (κ3) is 4.05. The van der Waals surface area contributed by atoms with Gasteiger partial charge in [-0.25, -0.2) is 4.98 Å². The van der Waals surface area contributed by atoms with E-state index in [0.29, 0.717) is 29.1 Å². The standard InChI is InChI=1S/C16H15Br2N3O3/c17-12-3-4-14(19-7-12)20-15(22)10-2-1-5-21(8-10)16(23)11-6-13(18)24-9-11/h3-4,6-7,9-10H,1-2,5,8H2,(H,19,20,22). The predicted octanol–water partition coefficient (Wildman–Crippen LogP) is 3.69. The number of hydrogen-bond donors (Lipinski definition) is 1. The fourth-order valence-electron chi connectivity index (χ4n) is 2.66. The molecule has 0 bridgehead atoms. The van der Waals surface area contributed by atoms with Crippen LogP contribution in [0.3, 0.4) is 0 Å². The summed E-state index contributed by atoms with van der Waals surface area (Å²) in [5, 5.41) is 2.81. The Hall–Kier alpha value is -1.67. The van der Waals surface area contributed by atoms with Crippen molar-refractivity contribution >= 4 is 49.5 Å². The van der Waals surface area contributed by atoms with E-state index in [0.717, 1.165) is 17.3 Å². The maximum absolute atomic E-state index is 12.5. The van der Waals surface area contributed by atoms with Crippen LogP contribution in [0.25, 0.3) is 0 Å². The number of carbonyl (C=O) groups excluding carboxylic acids is 2. The van der Waals surface area contributed by atoms with Gasteiger partial charge in [0.15, 0.2) is 4.67 Å². The largest absolute Gasteiger partial charge is 0.457 e. The lowest BCUT2D eigenvalue weighted by Gasteiger charge is -2.31. The summed E-state index contributed by atoms with van der Waals surface area (Å²) in [7, 11) is 0. The Morgan fingerprint density at radius 2 is 2.17 bits per heavy atom. The molecule has 2 aromatic heterocycles. The van der Waals surface area contributed by atoms with Crippen LogP contribution in [0, 0.1) is 5.92 Å². The number of piperidine rings is 1. The van der Waals surface area contributed by atoms with Gasteiger partial charge in [-0.1, -0.05) is 0 Å². The molecule has 1 aliphatic rings. The molecule has 0 aromatic carbocycles. The first-order valence-electron chi connectivity index (χ1n) is 7.48. The van der Waals surface area contributed by atoms with Gasteiger partial charge < -0.3 is 14.6 Å². The molecule has 0 spiro atoms. The molecule has 1 atom stereocenters. The summed E-state index contributed by atoms with van der Waals surface area (Å²) in [6.07, 6.45) is 4.59. The molecule has 1 fully saturated rings. The molecule has 3 rings (SSSR count). The third-order valence-corrected chi connectivity index (χ3v) is 4.76. The van der Waals surface area contributed by atoms with Crippen LogP contribution in [0.15, 0.2) is 44.2 Å². The molecule has 24 heavy (non-hydrogen) atoms. The van der Waals surface area contributed by atoms with Crippen LogP contribution in [0.2, 0.25) is 0 Å². The van der Waals surface area contributed by atoms with Crippen LogP contribution in [-0.2, 0) is 4.79 Å². The zero-order valence-corrected chi connectivity index (χ0v) is 15.8. The molecular formula is C16H15Br2N3O3. The topological polar surface area (TPSA) is 75.4 Å². The Balaban J connectivity index is 1.63. The number of aromatic nitrogens is 1. The van der Waals surface area contributed by atoms with Crippen molar-refractivity contribution in [2.24, 2.45) is 5.92 Å². The molecule has 1 N–H and O–H groups in total. The number of rotatable bonds is 3. The first-order valence-corrected chi connectivity index (χ1v) is 9.07. The van der Waals surface area contributed by atoms with Crippen molar-refractivity contribution < 1.29 is 14.0 Å². The molecule has 3 heterocycles. The van der Waals surface area contributed by atoms with Crippen LogP contribution < -0.4 is 5.32 Å². The maximum atomic E-state index is 12.5. The summed E-state index contributed by atoms with van der Waals surface area (Å²) in [4.78, 5) is 30.7. The Morgan fingerprint density at radius 3 is 2.83 bits per heavy atom. The van der Waals surface area contributed by atoms with E-state index in [2.05, 4.69) is 42.2 Å². The Labute approximate surface area is 155 Å². The predicted molar refractivity (Wildman–Crippen MR) is 95.6 cm³/mol. The van der Waals surface area contributed by atoms with Gasteiger partial charge in [-0.05, 0) is 56.8 Å². The number of likely N-dealkylation sites (tertiary alicyclic amines) is 1. The summed E-state index contributed by atoms with van der Waals surface area (Å²) in [5.41, 5.74) is 0.484. The van der Waals surface area contributed by atoms with E-state index >= 15 is 0 Å². The van der Waals surface area contributed by atoms with Crippen molar-refractivity contribution in [3.05, 3.63) is 45.4 Å². The van der Waals surface area contributed by atoms with Crippen molar-refractivity contribution in [2.75, 3.05) is 18.4 Å². The molecule has 2 amide bonds. The minimum Gasteiger partial charge on any atom is -0.457 e. The van der Waals surface area contributed by atoms with E-state index in [9.17, 15) is 9.59 Å². The molecule has 1 unspecified atom stereocenters. The van der Waals surface area contributed by atoms with Crippen LogP contribution in [0.5, 0.6) is 0 Å². The second-order valence-corrected chi connectivity index (χ2v) is 7.28. The summed E-state index contributed by atoms with van der Waals surface area (Å²) < 4.78 is 6.48. The molecule has 1 saturated heterocycles. The molecule has 2 aromatic rings. The number of hydrogen-bond acceptors (Lipinski definition) is 4. The molecule has 0 saturated carbocycles. The number of halogens is 2. The van der Waals surface area contributed by atoms with Crippen molar-refractivity contribution in [3.63, 3.8) is 0 Å². The van der Waals surface area contributed by atoms with E-state index in [1.807, 2.05) is 6.07 Å². The quantitative estimate of drug-likeness (QED) is 0.764. The van der Waals surface area contributed by atoms with Crippen molar-refractivity contribution in [2.45, 2.75) is 12.8 Å². The summed E-state index contributed by atoms with van der Waals surface area (Å²) in [6.45, 7) is 1.03. The highest BCUT2D eigenvalue weighted by atomic mass is 79.9. The molecule has 6 nitrogen and oxygen atoms in total. The van der Waals surface area contributed by atoms with E-state index in [-0.39, 0.29) is 17.7 Å². The van der Waals surface area contributed by atoms with Crippen LogP contribution in [0.4, 0.5) is 5.82 Å². The number of furan rings is 1. The van der Waals surface area contributed by atoms with Crippen LogP contribution in [0.1, 0.15) is 23.2 Å². The van der Waals surface area contributed by atoms with E-state index in [1.165, 1.54) is 6.26 Å². The van der Waals surface area contributed by atoms with Gasteiger partial charge in [-0.15, -0.1) is 0 Å². The lowest BCUT2D eigenvalue weighted by Crippen LogP contribution is -2.43. The number of carbonyl (C=O) groups is 2.